The van der Waals surface area contributed by atoms with Gasteiger partial charge in [0, 0.05) is 16.6 Å². The first kappa shape index (κ1) is 14.0. The lowest BCUT2D eigenvalue weighted by Crippen LogP contribution is -2.25. The molecule has 0 bridgehead atoms. The maximum atomic E-state index is 6.19. The monoisotopic (exact) mass is 329 g/mol. The minimum atomic E-state index is 0.323. The van der Waals surface area contributed by atoms with Crippen LogP contribution in [0, 0.1) is 0 Å². The topological polar surface area (TPSA) is 29.0 Å². The van der Waals surface area contributed by atoms with Crippen LogP contribution in [0.1, 0.15) is 24.3 Å². The molecule has 22 heavy (non-hydrogen) atoms. The van der Waals surface area contributed by atoms with Crippen molar-refractivity contribution >= 4 is 44.7 Å². The van der Waals surface area contributed by atoms with E-state index in [1.165, 1.54) is 16.1 Å². The van der Waals surface area contributed by atoms with Crippen molar-refractivity contribution in [2.24, 2.45) is 0 Å². The van der Waals surface area contributed by atoms with Crippen LogP contribution in [0.4, 0.5) is 11.5 Å². The van der Waals surface area contributed by atoms with Crippen LogP contribution in [0.15, 0.2) is 30.3 Å². The molecule has 5 heteroatoms. The van der Waals surface area contributed by atoms with Crippen molar-refractivity contribution in [1.29, 1.82) is 0 Å². The number of hydrogen-bond donors (Lipinski definition) is 0. The van der Waals surface area contributed by atoms with Crippen molar-refractivity contribution in [3.8, 4) is 0 Å². The van der Waals surface area contributed by atoms with Crippen molar-refractivity contribution < 1.29 is 0 Å². The van der Waals surface area contributed by atoms with Gasteiger partial charge in [-0.3, -0.25) is 0 Å². The lowest BCUT2D eigenvalue weighted by molar-refractivity contribution is 0.752. The van der Waals surface area contributed by atoms with Crippen LogP contribution in [0.5, 0.6) is 0 Å². The van der Waals surface area contributed by atoms with E-state index in [9.17, 15) is 0 Å². The average Bonchev–Trinajstić information content (AvgIpc) is 3.06. The van der Waals surface area contributed by atoms with Gasteiger partial charge in [0.05, 0.1) is 5.39 Å². The Morgan fingerprint density at radius 3 is 2.95 bits per heavy atom. The fraction of sp³-hybridized carbons (Fsp3) is 0.294. The Labute approximate surface area is 138 Å². The van der Waals surface area contributed by atoms with Crippen LogP contribution >= 0.6 is 22.9 Å². The average molecular weight is 330 g/mol. The Kier molecular flexibility index (Phi) is 3.31. The van der Waals surface area contributed by atoms with E-state index in [-0.39, 0.29) is 0 Å². The molecule has 4 rings (SSSR count). The van der Waals surface area contributed by atoms with E-state index in [1.807, 2.05) is 0 Å². The Bertz CT molecular complexity index is 858. The Morgan fingerprint density at radius 1 is 1.32 bits per heavy atom. The van der Waals surface area contributed by atoms with Gasteiger partial charge in [0.25, 0.3) is 0 Å². The molecule has 0 saturated carbocycles. The first-order valence-corrected chi connectivity index (χ1v) is 8.70. The van der Waals surface area contributed by atoms with Crippen LogP contribution < -0.4 is 4.90 Å². The molecule has 0 spiro atoms. The number of aromatic nitrogens is 2. The predicted molar refractivity (Wildman–Crippen MR) is 93.6 cm³/mol. The number of aryl methyl sites for hydroxylation is 1. The minimum Gasteiger partial charge on any atom is -0.322 e. The highest BCUT2D eigenvalue weighted by Gasteiger charge is 2.29. The van der Waals surface area contributed by atoms with Gasteiger partial charge in [-0.15, -0.1) is 11.3 Å². The molecular formula is C17H16ClN3S. The summed E-state index contributed by atoms with van der Waals surface area (Å²) in [5.41, 5.74) is 2.60. The molecular weight excluding hydrogens is 314 g/mol. The number of para-hydroxylation sites is 1. The van der Waals surface area contributed by atoms with Gasteiger partial charge in [0.1, 0.15) is 10.6 Å². The van der Waals surface area contributed by atoms with Crippen LogP contribution in [0.25, 0.3) is 10.2 Å². The molecule has 1 unspecified atom stereocenters. The summed E-state index contributed by atoms with van der Waals surface area (Å²) < 4.78 is 0. The number of benzene rings is 1. The maximum Gasteiger partial charge on any atom is 0.225 e. The first-order chi connectivity index (χ1) is 10.7. The summed E-state index contributed by atoms with van der Waals surface area (Å²) in [6.45, 7) is 4.39. The van der Waals surface area contributed by atoms with Crippen molar-refractivity contribution in [3.63, 3.8) is 0 Å². The number of thiophene rings is 1. The van der Waals surface area contributed by atoms with Gasteiger partial charge in [-0.2, -0.15) is 4.98 Å². The molecule has 3 nitrogen and oxygen atoms in total. The summed E-state index contributed by atoms with van der Waals surface area (Å²) >= 11 is 7.89. The van der Waals surface area contributed by atoms with Gasteiger partial charge in [0.15, 0.2) is 0 Å². The van der Waals surface area contributed by atoms with E-state index in [1.54, 1.807) is 11.3 Å². The molecule has 1 aliphatic heterocycles. The number of rotatable bonds is 2. The number of fused-ring (bicyclic) bond motifs is 2. The van der Waals surface area contributed by atoms with Crippen molar-refractivity contribution in [2.45, 2.75) is 32.7 Å². The van der Waals surface area contributed by atoms with Gasteiger partial charge in [-0.25, -0.2) is 4.98 Å². The zero-order valence-corrected chi connectivity index (χ0v) is 14.1. The van der Waals surface area contributed by atoms with Crippen LogP contribution in [-0.2, 0) is 12.8 Å². The van der Waals surface area contributed by atoms with Crippen LogP contribution in [-0.4, -0.2) is 16.0 Å². The minimum absolute atomic E-state index is 0.323. The molecule has 0 radical (unpaired) electrons. The van der Waals surface area contributed by atoms with Crippen molar-refractivity contribution in [3.05, 3.63) is 46.1 Å². The van der Waals surface area contributed by atoms with Gasteiger partial charge >= 0.3 is 0 Å². The van der Waals surface area contributed by atoms with Crippen molar-refractivity contribution in [2.75, 3.05) is 4.90 Å². The maximum absolute atomic E-state index is 6.19. The number of halogens is 1. The van der Waals surface area contributed by atoms with E-state index >= 15 is 0 Å². The summed E-state index contributed by atoms with van der Waals surface area (Å²) in [6.07, 6.45) is 2.04. The molecule has 3 heterocycles. The van der Waals surface area contributed by atoms with Gasteiger partial charge < -0.3 is 4.90 Å². The lowest BCUT2D eigenvalue weighted by atomic mass is 10.1. The molecule has 0 N–H and O–H groups in total. The molecule has 0 fully saturated rings. The molecule has 1 aromatic carbocycles. The van der Waals surface area contributed by atoms with E-state index in [4.69, 9.17) is 11.6 Å². The van der Waals surface area contributed by atoms with Gasteiger partial charge in [-0.1, -0.05) is 25.1 Å². The molecule has 112 valence electrons. The third kappa shape index (κ3) is 2.09. The fourth-order valence-electron chi connectivity index (χ4n) is 3.18. The molecule has 1 atom stereocenters. The van der Waals surface area contributed by atoms with Gasteiger partial charge in [-0.05, 0) is 49.1 Å². The second-order valence-electron chi connectivity index (χ2n) is 5.65. The second-order valence-corrected chi connectivity index (χ2v) is 7.11. The zero-order chi connectivity index (χ0) is 15.3. The normalized spacial score (nSPS) is 17.2. The molecule has 0 amide bonds. The SMILES string of the molecule is CCc1cc2c(N3c4ccccc4CC3C)nc(Cl)nc2s1. The molecule has 2 aromatic heterocycles. The third-order valence-corrected chi connectivity index (χ3v) is 5.52. The van der Waals surface area contributed by atoms with Crippen LogP contribution in [0.2, 0.25) is 5.28 Å². The van der Waals surface area contributed by atoms with E-state index in [0.717, 1.165) is 28.9 Å². The quantitative estimate of drug-likeness (QED) is 0.620. The molecule has 1 aliphatic rings. The summed E-state index contributed by atoms with van der Waals surface area (Å²) in [4.78, 5) is 13.6. The Morgan fingerprint density at radius 2 is 2.14 bits per heavy atom. The summed E-state index contributed by atoms with van der Waals surface area (Å²) in [5, 5.41) is 1.43. The molecule has 3 aromatic rings. The molecule has 0 saturated heterocycles. The first-order valence-electron chi connectivity index (χ1n) is 7.50. The highest BCUT2D eigenvalue weighted by molar-refractivity contribution is 7.18. The standard InChI is InChI=1S/C17H16ClN3S/c1-3-12-9-13-15(19-17(18)20-16(13)22-12)21-10(2)8-11-6-4-5-7-14(11)21/h4-7,9-10H,3,8H2,1-2H3. The van der Waals surface area contributed by atoms with Crippen LogP contribution in [0.3, 0.4) is 0 Å². The Balaban J connectivity index is 1.96. The Hall–Kier alpha value is -1.65. The number of hydrogen-bond acceptors (Lipinski definition) is 4. The van der Waals surface area contributed by atoms with E-state index in [2.05, 4.69) is 59.0 Å². The lowest BCUT2D eigenvalue weighted by Gasteiger charge is -2.24. The summed E-state index contributed by atoms with van der Waals surface area (Å²) in [7, 11) is 0. The number of nitrogens with zero attached hydrogens (tertiary/aromatic N) is 3. The number of anilines is 2. The smallest absolute Gasteiger partial charge is 0.225 e. The predicted octanol–water partition coefficient (Wildman–Crippen LogP) is 4.99. The largest absolute Gasteiger partial charge is 0.322 e. The highest BCUT2D eigenvalue weighted by Crippen LogP contribution is 2.41. The van der Waals surface area contributed by atoms with Crippen molar-refractivity contribution in [1.82, 2.24) is 9.97 Å². The van der Waals surface area contributed by atoms with Gasteiger partial charge in [0.2, 0.25) is 5.28 Å². The van der Waals surface area contributed by atoms with E-state index in [0.29, 0.717) is 11.3 Å². The molecule has 0 aliphatic carbocycles. The van der Waals surface area contributed by atoms with E-state index < -0.39 is 0 Å². The highest BCUT2D eigenvalue weighted by atomic mass is 35.5. The summed E-state index contributed by atoms with van der Waals surface area (Å²) in [5.74, 6) is 0.934. The summed E-state index contributed by atoms with van der Waals surface area (Å²) in [6, 6.07) is 11.1. The zero-order valence-electron chi connectivity index (χ0n) is 12.5. The fourth-order valence-corrected chi connectivity index (χ4v) is 4.35. The second kappa shape index (κ2) is 5.21. The third-order valence-electron chi connectivity index (χ3n) is 4.18.